The Bertz CT molecular complexity index is 528. The molecule has 1 atom stereocenters. The molecule has 2 aromatic carbocycles. The number of hydrogen-bond acceptors (Lipinski definition) is 3. The predicted octanol–water partition coefficient (Wildman–Crippen LogP) is 2.98. The molecule has 0 aliphatic heterocycles. The van der Waals surface area contributed by atoms with Gasteiger partial charge in [-0.2, -0.15) is 0 Å². The van der Waals surface area contributed by atoms with E-state index >= 15 is 0 Å². The second kappa shape index (κ2) is 6.20. The Morgan fingerprint density at radius 1 is 1.21 bits per heavy atom. The fourth-order valence-electron chi connectivity index (χ4n) is 1.75. The largest absolute Gasteiger partial charge is 0.497 e. The SMILES string of the molecule is COc1cccc(NCC(O)c2ccc(F)cc2)c1. The molecule has 0 spiro atoms. The van der Waals surface area contributed by atoms with Crippen LogP contribution in [-0.2, 0) is 0 Å². The van der Waals surface area contributed by atoms with Crippen molar-refractivity contribution < 1.29 is 14.2 Å². The summed E-state index contributed by atoms with van der Waals surface area (Å²) >= 11 is 0. The summed E-state index contributed by atoms with van der Waals surface area (Å²) in [7, 11) is 1.60. The third-order valence-electron chi connectivity index (χ3n) is 2.82. The minimum atomic E-state index is -0.688. The number of ether oxygens (including phenoxy) is 1. The highest BCUT2D eigenvalue weighted by atomic mass is 19.1. The van der Waals surface area contributed by atoms with Gasteiger partial charge in [0, 0.05) is 18.3 Å². The van der Waals surface area contributed by atoms with E-state index in [1.165, 1.54) is 12.1 Å². The number of halogens is 1. The molecule has 0 heterocycles. The van der Waals surface area contributed by atoms with Gasteiger partial charge < -0.3 is 15.2 Å². The molecule has 19 heavy (non-hydrogen) atoms. The van der Waals surface area contributed by atoms with Gasteiger partial charge in [0.05, 0.1) is 13.2 Å². The Labute approximate surface area is 111 Å². The van der Waals surface area contributed by atoms with Gasteiger partial charge in [-0.05, 0) is 29.8 Å². The maximum absolute atomic E-state index is 12.8. The van der Waals surface area contributed by atoms with Gasteiger partial charge in [-0.3, -0.25) is 0 Å². The Morgan fingerprint density at radius 3 is 2.63 bits per heavy atom. The third kappa shape index (κ3) is 3.69. The van der Waals surface area contributed by atoms with Crippen molar-refractivity contribution in [2.75, 3.05) is 19.0 Å². The van der Waals surface area contributed by atoms with E-state index in [4.69, 9.17) is 4.74 Å². The molecule has 4 heteroatoms. The van der Waals surface area contributed by atoms with E-state index in [9.17, 15) is 9.50 Å². The number of methoxy groups -OCH3 is 1. The molecule has 0 aliphatic carbocycles. The lowest BCUT2D eigenvalue weighted by atomic mass is 10.1. The van der Waals surface area contributed by atoms with Crippen LogP contribution >= 0.6 is 0 Å². The van der Waals surface area contributed by atoms with E-state index in [-0.39, 0.29) is 5.82 Å². The van der Waals surface area contributed by atoms with Gasteiger partial charge in [-0.25, -0.2) is 4.39 Å². The van der Waals surface area contributed by atoms with Gasteiger partial charge in [0.15, 0.2) is 0 Å². The van der Waals surface area contributed by atoms with Crippen molar-refractivity contribution in [1.82, 2.24) is 0 Å². The number of aliphatic hydroxyl groups is 1. The Hall–Kier alpha value is -2.07. The van der Waals surface area contributed by atoms with E-state index in [1.54, 1.807) is 19.2 Å². The van der Waals surface area contributed by atoms with Crippen molar-refractivity contribution in [3.63, 3.8) is 0 Å². The molecule has 1 unspecified atom stereocenters. The van der Waals surface area contributed by atoms with Gasteiger partial charge in [-0.15, -0.1) is 0 Å². The highest BCUT2D eigenvalue weighted by molar-refractivity contribution is 5.48. The Morgan fingerprint density at radius 2 is 1.95 bits per heavy atom. The normalized spacial score (nSPS) is 11.9. The van der Waals surface area contributed by atoms with Gasteiger partial charge in [0.2, 0.25) is 0 Å². The zero-order valence-corrected chi connectivity index (χ0v) is 10.6. The number of hydrogen-bond donors (Lipinski definition) is 2. The van der Waals surface area contributed by atoms with Crippen molar-refractivity contribution >= 4 is 5.69 Å². The molecular weight excluding hydrogens is 245 g/mol. The van der Waals surface area contributed by atoms with Gasteiger partial charge in [0.1, 0.15) is 11.6 Å². The molecule has 0 aliphatic rings. The zero-order chi connectivity index (χ0) is 13.7. The molecule has 2 aromatic rings. The van der Waals surface area contributed by atoms with Crippen molar-refractivity contribution in [2.45, 2.75) is 6.10 Å². The highest BCUT2D eigenvalue weighted by Gasteiger charge is 2.07. The van der Waals surface area contributed by atoms with Crippen LogP contribution in [0.1, 0.15) is 11.7 Å². The van der Waals surface area contributed by atoms with E-state index in [1.807, 2.05) is 24.3 Å². The highest BCUT2D eigenvalue weighted by Crippen LogP contribution is 2.19. The van der Waals surface area contributed by atoms with Crippen LogP contribution in [0.5, 0.6) is 5.75 Å². The summed E-state index contributed by atoms with van der Waals surface area (Å²) in [6, 6.07) is 13.3. The van der Waals surface area contributed by atoms with Crippen LogP contribution < -0.4 is 10.1 Å². The summed E-state index contributed by atoms with van der Waals surface area (Å²) < 4.78 is 17.9. The summed E-state index contributed by atoms with van der Waals surface area (Å²) in [5, 5.41) is 13.1. The van der Waals surface area contributed by atoms with Gasteiger partial charge in [0.25, 0.3) is 0 Å². The fraction of sp³-hybridized carbons (Fsp3) is 0.200. The van der Waals surface area contributed by atoms with Crippen molar-refractivity contribution in [3.8, 4) is 5.75 Å². The summed E-state index contributed by atoms with van der Waals surface area (Å²) in [6.45, 7) is 0.346. The number of aliphatic hydroxyl groups excluding tert-OH is 1. The van der Waals surface area contributed by atoms with Crippen LogP contribution in [0.2, 0.25) is 0 Å². The van der Waals surface area contributed by atoms with Crippen LogP contribution in [0.25, 0.3) is 0 Å². The Balaban J connectivity index is 1.96. The average Bonchev–Trinajstić information content (AvgIpc) is 2.46. The zero-order valence-electron chi connectivity index (χ0n) is 10.6. The number of rotatable bonds is 5. The third-order valence-corrected chi connectivity index (χ3v) is 2.82. The van der Waals surface area contributed by atoms with E-state index in [0.717, 1.165) is 11.4 Å². The summed E-state index contributed by atoms with van der Waals surface area (Å²) in [4.78, 5) is 0. The predicted molar refractivity (Wildman–Crippen MR) is 72.8 cm³/mol. The second-order valence-electron chi connectivity index (χ2n) is 4.18. The van der Waals surface area contributed by atoms with Crippen molar-refractivity contribution in [1.29, 1.82) is 0 Å². The molecule has 0 saturated heterocycles. The molecule has 0 aromatic heterocycles. The molecule has 0 fully saturated rings. The first-order chi connectivity index (χ1) is 9.19. The molecular formula is C15H16FNO2. The number of benzene rings is 2. The minimum Gasteiger partial charge on any atom is -0.497 e. The molecule has 2 rings (SSSR count). The van der Waals surface area contributed by atoms with Crippen molar-refractivity contribution in [2.24, 2.45) is 0 Å². The molecule has 2 N–H and O–H groups in total. The topological polar surface area (TPSA) is 41.5 Å². The van der Waals surface area contributed by atoms with Crippen LogP contribution in [0, 0.1) is 5.82 Å². The summed E-state index contributed by atoms with van der Waals surface area (Å²) in [5.74, 6) is 0.443. The minimum absolute atomic E-state index is 0.309. The average molecular weight is 261 g/mol. The van der Waals surface area contributed by atoms with Crippen molar-refractivity contribution in [3.05, 3.63) is 59.9 Å². The molecule has 0 bridgehead atoms. The standard InChI is InChI=1S/C15H16FNO2/c1-19-14-4-2-3-13(9-14)17-10-15(18)11-5-7-12(16)8-6-11/h2-9,15,17-18H,10H2,1H3. The van der Waals surface area contributed by atoms with Crippen LogP contribution in [0.4, 0.5) is 10.1 Å². The van der Waals surface area contributed by atoms with E-state index in [0.29, 0.717) is 12.1 Å². The number of nitrogens with one attached hydrogen (secondary N) is 1. The summed E-state index contributed by atoms with van der Waals surface area (Å²) in [5.41, 5.74) is 1.54. The maximum Gasteiger partial charge on any atom is 0.123 e. The van der Waals surface area contributed by atoms with Crippen LogP contribution in [0.15, 0.2) is 48.5 Å². The van der Waals surface area contributed by atoms with E-state index < -0.39 is 6.10 Å². The molecule has 3 nitrogen and oxygen atoms in total. The first-order valence-electron chi connectivity index (χ1n) is 6.00. The van der Waals surface area contributed by atoms with Crippen LogP contribution in [0.3, 0.4) is 0 Å². The molecule has 0 radical (unpaired) electrons. The lowest BCUT2D eigenvalue weighted by Crippen LogP contribution is -2.12. The van der Waals surface area contributed by atoms with Gasteiger partial charge >= 0.3 is 0 Å². The maximum atomic E-state index is 12.8. The molecule has 0 saturated carbocycles. The summed E-state index contributed by atoms with van der Waals surface area (Å²) in [6.07, 6.45) is -0.688. The Kier molecular flexibility index (Phi) is 4.36. The monoisotopic (exact) mass is 261 g/mol. The van der Waals surface area contributed by atoms with Gasteiger partial charge in [-0.1, -0.05) is 18.2 Å². The fourth-order valence-corrected chi connectivity index (χ4v) is 1.75. The quantitative estimate of drug-likeness (QED) is 0.869. The first-order valence-corrected chi connectivity index (χ1v) is 6.00. The lowest BCUT2D eigenvalue weighted by molar-refractivity contribution is 0.191. The second-order valence-corrected chi connectivity index (χ2v) is 4.18. The lowest BCUT2D eigenvalue weighted by Gasteiger charge is -2.13. The first kappa shape index (κ1) is 13.4. The molecule has 0 amide bonds. The number of anilines is 1. The molecule has 100 valence electrons. The van der Waals surface area contributed by atoms with Crippen LogP contribution in [-0.4, -0.2) is 18.8 Å². The van der Waals surface area contributed by atoms with E-state index in [2.05, 4.69) is 5.32 Å². The smallest absolute Gasteiger partial charge is 0.123 e.